The van der Waals surface area contributed by atoms with Crippen LogP contribution in [0.25, 0.3) is 0 Å². The molecular weight excluding hydrogens is 172 g/mol. The van der Waals surface area contributed by atoms with Crippen molar-refractivity contribution in [3.05, 3.63) is 0 Å². The average molecular weight is 186 g/mol. The average Bonchev–Trinajstić information content (AvgIpc) is 2.16. The zero-order valence-corrected chi connectivity index (χ0v) is 7.91. The van der Waals surface area contributed by atoms with Crippen molar-refractivity contribution >= 4 is 11.8 Å². The molecule has 1 saturated carbocycles. The molecule has 0 saturated heterocycles. The van der Waals surface area contributed by atoms with Crippen molar-refractivity contribution in [2.45, 2.75) is 25.4 Å². The number of hydrogen-bond acceptors (Lipinski definition) is 4. The molecule has 0 aromatic carbocycles. The minimum Gasteiger partial charge on any atom is -0.469 e. The second kappa shape index (κ2) is 4.37. The second-order valence-electron chi connectivity index (χ2n) is 3.19. The zero-order valence-electron chi connectivity index (χ0n) is 7.91. The normalized spacial score (nSPS) is 28.6. The molecule has 0 N–H and O–H groups in total. The quantitative estimate of drug-likeness (QED) is 0.591. The van der Waals surface area contributed by atoms with E-state index < -0.39 is 0 Å². The molecule has 0 radical (unpaired) electrons. The Morgan fingerprint density at radius 2 is 2.15 bits per heavy atom. The number of Topliss-reactive ketones (excluding diaryl/α,β-unsaturated/α-hetero) is 1. The molecule has 0 bridgehead atoms. The van der Waals surface area contributed by atoms with Gasteiger partial charge in [-0.2, -0.15) is 0 Å². The lowest BCUT2D eigenvalue weighted by atomic mass is 9.86. The molecule has 74 valence electrons. The van der Waals surface area contributed by atoms with Crippen LogP contribution in [0, 0.1) is 5.92 Å². The van der Waals surface area contributed by atoms with Crippen molar-refractivity contribution in [1.29, 1.82) is 0 Å². The number of hydrogen-bond donors (Lipinski definition) is 0. The number of ether oxygens (including phenoxy) is 2. The van der Waals surface area contributed by atoms with Crippen LogP contribution in [0.2, 0.25) is 0 Å². The molecule has 2 atom stereocenters. The molecule has 1 aliphatic rings. The van der Waals surface area contributed by atoms with Gasteiger partial charge in [0.25, 0.3) is 0 Å². The zero-order chi connectivity index (χ0) is 9.84. The first-order chi connectivity index (χ1) is 6.19. The molecule has 2 unspecified atom stereocenters. The van der Waals surface area contributed by atoms with Crippen LogP contribution in [0.3, 0.4) is 0 Å². The minimum atomic E-state index is -0.298. The van der Waals surface area contributed by atoms with Gasteiger partial charge in [-0.3, -0.25) is 9.59 Å². The van der Waals surface area contributed by atoms with Gasteiger partial charge >= 0.3 is 5.97 Å². The summed E-state index contributed by atoms with van der Waals surface area (Å²) < 4.78 is 9.70. The standard InChI is InChI=1S/C9H14O4/c1-12-8-5-6(10)3-4-7(8)9(11)13-2/h7-8H,3-5H2,1-2H3. The maximum absolute atomic E-state index is 11.2. The van der Waals surface area contributed by atoms with Crippen LogP contribution in [-0.2, 0) is 19.1 Å². The van der Waals surface area contributed by atoms with Gasteiger partial charge in [-0.15, -0.1) is 0 Å². The van der Waals surface area contributed by atoms with Gasteiger partial charge in [0.15, 0.2) is 0 Å². The summed E-state index contributed by atoms with van der Waals surface area (Å²) >= 11 is 0. The third-order valence-corrected chi connectivity index (χ3v) is 2.42. The van der Waals surface area contributed by atoms with Crippen molar-refractivity contribution in [3.63, 3.8) is 0 Å². The second-order valence-corrected chi connectivity index (χ2v) is 3.19. The fourth-order valence-electron chi connectivity index (χ4n) is 1.64. The first-order valence-electron chi connectivity index (χ1n) is 4.31. The highest BCUT2D eigenvalue weighted by Crippen LogP contribution is 2.25. The number of rotatable bonds is 2. The van der Waals surface area contributed by atoms with E-state index in [2.05, 4.69) is 4.74 Å². The van der Waals surface area contributed by atoms with Crippen LogP contribution in [0.1, 0.15) is 19.3 Å². The molecule has 0 spiro atoms. The van der Waals surface area contributed by atoms with E-state index in [4.69, 9.17) is 4.74 Å². The number of methoxy groups -OCH3 is 2. The van der Waals surface area contributed by atoms with Crippen molar-refractivity contribution in [2.24, 2.45) is 5.92 Å². The Labute approximate surface area is 77.2 Å². The fourth-order valence-corrected chi connectivity index (χ4v) is 1.64. The summed E-state index contributed by atoms with van der Waals surface area (Å²) in [6.45, 7) is 0. The highest BCUT2D eigenvalue weighted by Gasteiger charge is 2.34. The van der Waals surface area contributed by atoms with Gasteiger partial charge in [-0.05, 0) is 6.42 Å². The predicted octanol–water partition coefficient (Wildman–Crippen LogP) is 0.544. The largest absolute Gasteiger partial charge is 0.469 e. The molecule has 0 amide bonds. The lowest BCUT2D eigenvalue weighted by Gasteiger charge is -2.27. The van der Waals surface area contributed by atoms with E-state index in [1.165, 1.54) is 14.2 Å². The van der Waals surface area contributed by atoms with E-state index in [0.717, 1.165) is 0 Å². The van der Waals surface area contributed by atoms with E-state index in [0.29, 0.717) is 19.3 Å². The number of ketones is 1. The summed E-state index contributed by atoms with van der Waals surface area (Å²) in [7, 11) is 2.87. The maximum atomic E-state index is 11.2. The van der Waals surface area contributed by atoms with Crippen molar-refractivity contribution < 1.29 is 19.1 Å². The lowest BCUT2D eigenvalue weighted by molar-refractivity contribution is -0.153. The van der Waals surface area contributed by atoms with Crippen LogP contribution in [-0.4, -0.2) is 32.1 Å². The number of carbonyl (C=O) groups excluding carboxylic acids is 2. The molecule has 4 heteroatoms. The van der Waals surface area contributed by atoms with E-state index in [1.807, 2.05) is 0 Å². The smallest absolute Gasteiger partial charge is 0.311 e. The molecule has 4 nitrogen and oxygen atoms in total. The molecule has 1 fully saturated rings. The van der Waals surface area contributed by atoms with Crippen LogP contribution >= 0.6 is 0 Å². The van der Waals surface area contributed by atoms with Crippen LogP contribution in [0.5, 0.6) is 0 Å². The highest BCUT2D eigenvalue weighted by atomic mass is 16.5. The van der Waals surface area contributed by atoms with Crippen LogP contribution in [0.15, 0.2) is 0 Å². The van der Waals surface area contributed by atoms with Gasteiger partial charge in [0.1, 0.15) is 5.78 Å². The Morgan fingerprint density at radius 1 is 1.46 bits per heavy atom. The van der Waals surface area contributed by atoms with Gasteiger partial charge in [0.05, 0.1) is 19.1 Å². The highest BCUT2D eigenvalue weighted by molar-refractivity contribution is 5.83. The summed E-state index contributed by atoms with van der Waals surface area (Å²) in [6.07, 6.45) is 1.04. The fraction of sp³-hybridized carbons (Fsp3) is 0.778. The van der Waals surface area contributed by atoms with Crippen molar-refractivity contribution in [3.8, 4) is 0 Å². The first-order valence-corrected chi connectivity index (χ1v) is 4.31. The molecule has 0 aliphatic heterocycles. The summed E-state index contributed by atoms with van der Waals surface area (Å²) in [5.74, 6) is -0.390. The van der Waals surface area contributed by atoms with E-state index in [-0.39, 0.29) is 23.8 Å². The van der Waals surface area contributed by atoms with E-state index in [9.17, 15) is 9.59 Å². The number of carbonyl (C=O) groups is 2. The van der Waals surface area contributed by atoms with Gasteiger partial charge in [-0.1, -0.05) is 0 Å². The molecule has 1 aliphatic carbocycles. The molecule has 0 heterocycles. The Hall–Kier alpha value is -0.900. The predicted molar refractivity (Wildman–Crippen MR) is 45.2 cm³/mol. The first kappa shape index (κ1) is 10.2. The maximum Gasteiger partial charge on any atom is 0.311 e. The number of esters is 1. The Kier molecular flexibility index (Phi) is 3.42. The monoisotopic (exact) mass is 186 g/mol. The van der Waals surface area contributed by atoms with E-state index >= 15 is 0 Å². The summed E-state index contributed by atoms with van der Waals surface area (Å²) in [6, 6.07) is 0. The Balaban J connectivity index is 2.62. The Morgan fingerprint density at radius 3 is 2.69 bits per heavy atom. The molecule has 1 rings (SSSR count). The SMILES string of the molecule is COC(=O)C1CCC(=O)CC1OC. The van der Waals surface area contributed by atoms with Gasteiger partial charge in [0, 0.05) is 20.0 Å². The van der Waals surface area contributed by atoms with Crippen molar-refractivity contribution in [1.82, 2.24) is 0 Å². The minimum absolute atomic E-state index is 0.159. The lowest BCUT2D eigenvalue weighted by Crippen LogP contribution is -2.36. The molecule has 0 aromatic heterocycles. The van der Waals surface area contributed by atoms with Gasteiger partial charge in [0.2, 0.25) is 0 Å². The molecule has 0 aromatic rings. The Bertz CT molecular complexity index is 212. The third kappa shape index (κ3) is 2.28. The van der Waals surface area contributed by atoms with E-state index in [1.54, 1.807) is 0 Å². The summed E-state index contributed by atoms with van der Waals surface area (Å²) in [4.78, 5) is 22.3. The summed E-state index contributed by atoms with van der Waals surface area (Å²) in [5, 5.41) is 0. The third-order valence-electron chi connectivity index (χ3n) is 2.42. The van der Waals surface area contributed by atoms with Gasteiger partial charge in [-0.25, -0.2) is 0 Å². The topological polar surface area (TPSA) is 52.6 Å². The molecule has 13 heavy (non-hydrogen) atoms. The van der Waals surface area contributed by atoms with Gasteiger partial charge < -0.3 is 9.47 Å². The van der Waals surface area contributed by atoms with Crippen LogP contribution in [0.4, 0.5) is 0 Å². The van der Waals surface area contributed by atoms with Crippen molar-refractivity contribution in [2.75, 3.05) is 14.2 Å². The van der Waals surface area contributed by atoms with Crippen LogP contribution < -0.4 is 0 Å². The molecular formula is C9H14O4. The summed E-state index contributed by atoms with van der Waals surface area (Å²) in [5.41, 5.74) is 0.